The summed E-state index contributed by atoms with van der Waals surface area (Å²) < 4.78 is 12.6. The zero-order chi connectivity index (χ0) is 19.9. The highest BCUT2D eigenvalue weighted by molar-refractivity contribution is 5.80. The minimum absolute atomic E-state index is 0.180. The first-order valence-electron chi connectivity index (χ1n) is 9.74. The highest BCUT2D eigenvalue weighted by atomic mass is 16.5. The Balaban J connectivity index is 1.50. The van der Waals surface area contributed by atoms with Gasteiger partial charge >= 0.3 is 0 Å². The summed E-state index contributed by atoms with van der Waals surface area (Å²) in [7, 11) is 3.69. The molecular formula is C18H30N8O2. The molecule has 1 aliphatic heterocycles. The molecule has 3 rings (SSSR count). The van der Waals surface area contributed by atoms with Crippen LogP contribution in [-0.4, -0.2) is 58.7 Å². The lowest BCUT2D eigenvalue weighted by atomic mass is 10.1. The van der Waals surface area contributed by atoms with Gasteiger partial charge in [0.1, 0.15) is 6.10 Å². The Bertz CT molecular complexity index is 771. The second kappa shape index (κ2) is 9.54. The molecule has 0 aliphatic carbocycles. The van der Waals surface area contributed by atoms with Gasteiger partial charge in [-0.1, -0.05) is 5.16 Å². The molecular weight excluding hydrogens is 360 g/mol. The van der Waals surface area contributed by atoms with Crippen LogP contribution < -0.4 is 15.5 Å². The number of rotatable bonds is 7. The van der Waals surface area contributed by atoms with Gasteiger partial charge in [0.25, 0.3) is 0 Å². The minimum Gasteiger partial charge on any atom is -0.371 e. The number of hydrogen-bond acceptors (Lipinski definition) is 7. The van der Waals surface area contributed by atoms with Gasteiger partial charge in [-0.2, -0.15) is 10.1 Å². The van der Waals surface area contributed by atoms with Crippen molar-refractivity contribution in [1.29, 1.82) is 0 Å². The van der Waals surface area contributed by atoms with Crippen molar-refractivity contribution in [2.24, 2.45) is 12.0 Å². The lowest BCUT2D eigenvalue weighted by Gasteiger charge is -2.34. The van der Waals surface area contributed by atoms with Gasteiger partial charge in [-0.05, 0) is 26.7 Å². The first-order valence-corrected chi connectivity index (χ1v) is 9.74. The smallest absolute Gasteiger partial charge is 0.246 e. The van der Waals surface area contributed by atoms with E-state index in [0.717, 1.165) is 37.6 Å². The molecule has 0 radical (unpaired) electrons. The fourth-order valence-electron chi connectivity index (χ4n) is 3.28. The standard InChI is InChI=1S/C18H30N8O2/c1-5-27-13(2)17-23-16(28-24-17)10-20-18(19-3)22-14-7-6-8-26(11-14)15-9-21-25(4)12-15/h9,12-14H,5-8,10-11H2,1-4H3,(H2,19,20,22). The van der Waals surface area contributed by atoms with Crippen LogP contribution in [0.4, 0.5) is 5.69 Å². The fourth-order valence-corrected chi connectivity index (χ4v) is 3.28. The molecule has 0 amide bonds. The van der Waals surface area contributed by atoms with Crippen molar-refractivity contribution in [3.8, 4) is 0 Å². The highest BCUT2D eigenvalue weighted by Gasteiger charge is 2.22. The number of guanidine groups is 1. The van der Waals surface area contributed by atoms with E-state index in [-0.39, 0.29) is 6.10 Å². The van der Waals surface area contributed by atoms with Crippen molar-refractivity contribution in [1.82, 2.24) is 30.6 Å². The number of hydrogen-bond donors (Lipinski definition) is 2. The molecule has 2 aromatic rings. The number of piperidine rings is 1. The van der Waals surface area contributed by atoms with Crippen LogP contribution in [-0.2, 0) is 18.3 Å². The second-order valence-electron chi connectivity index (χ2n) is 6.87. The number of nitrogens with zero attached hydrogens (tertiary/aromatic N) is 6. The van der Waals surface area contributed by atoms with Crippen LogP contribution in [0.3, 0.4) is 0 Å². The number of nitrogens with one attached hydrogen (secondary N) is 2. The van der Waals surface area contributed by atoms with Crippen LogP contribution in [0.2, 0.25) is 0 Å². The van der Waals surface area contributed by atoms with E-state index in [0.29, 0.717) is 30.9 Å². The molecule has 1 saturated heterocycles. The van der Waals surface area contributed by atoms with E-state index in [2.05, 4.69) is 35.8 Å². The normalized spacial score (nSPS) is 18.9. The highest BCUT2D eigenvalue weighted by Crippen LogP contribution is 2.19. The lowest BCUT2D eigenvalue weighted by molar-refractivity contribution is 0.0683. The zero-order valence-corrected chi connectivity index (χ0v) is 17.1. The third-order valence-electron chi connectivity index (χ3n) is 4.71. The van der Waals surface area contributed by atoms with Crippen molar-refractivity contribution in [2.75, 3.05) is 31.6 Å². The van der Waals surface area contributed by atoms with Gasteiger partial charge in [-0.3, -0.25) is 9.67 Å². The molecule has 3 heterocycles. The maximum absolute atomic E-state index is 5.48. The van der Waals surface area contributed by atoms with Crippen molar-refractivity contribution >= 4 is 11.6 Å². The molecule has 0 bridgehead atoms. The first-order chi connectivity index (χ1) is 13.6. The van der Waals surface area contributed by atoms with Crippen LogP contribution in [0.1, 0.15) is 44.5 Å². The molecule has 28 heavy (non-hydrogen) atoms. The van der Waals surface area contributed by atoms with Gasteiger partial charge in [0.05, 0.1) is 18.4 Å². The van der Waals surface area contributed by atoms with E-state index in [4.69, 9.17) is 9.26 Å². The minimum atomic E-state index is -0.180. The molecule has 10 nitrogen and oxygen atoms in total. The first kappa shape index (κ1) is 20.1. The topological polar surface area (TPSA) is 106 Å². The summed E-state index contributed by atoms with van der Waals surface area (Å²) in [5.74, 6) is 1.78. The average molecular weight is 390 g/mol. The molecule has 10 heteroatoms. The van der Waals surface area contributed by atoms with Crippen LogP contribution in [0, 0.1) is 0 Å². The third-order valence-corrected chi connectivity index (χ3v) is 4.71. The average Bonchev–Trinajstić information content (AvgIpc) is 3.35. The Labute approximate surface area is 165 Å². The summed E-state index contributed by atoms with van der Waals surface area (Å²) in [5.41, 5.74) is 1.15. The van der Waals surface area contributed by atoms with E-state index >= 15 is 0 Å². The summed E-state index contributed by atoms with van der Waals surface area (Å²) in [6, 6.07) is 0.302. The Morgan fingerprint density at radius 1 is 1.50 bits per heavy atom. The van der Waals surface area contributed by atoms with E-state index in [1.807, 2.05) is 38.0 Å². The van der Waals surface area contributed by atoms with Gasteiger partial charge in [-0.15, -0.1) is 0 Å². The van der Waals surface area contributed by atoms with Crippen LogP contribution in [0.15, 0.2) is 21.9 Å². The Kier molecular flexibility index (Phi) is 6.85. The Morgan fingerprint density at radius 2 is 2.36 bits per heavy atom. The summed E-state index contributed by atoms with van der Waals surface area (Å²) in [6.07, 6.45) is 5.98. The third kappa shape index (κ3) is 5.22. The van der Waals surface area contributed by atoms with E-state index < -0.39 is 0 Å². The number of aryl methyl sites for hydroxylation is 1. The summed E-state index contributed by atoms with van der Waals surface area (Å²) in [6.45, 7) is 6.81. The second-order valence-corrected chi connectivity index (χ2v) is 6.87. The van der Waals surface area contributed by atoms with Crippen LogP contribution in [0.5, 0.6) is 0 Å². The number of ether oxygens (including phenoxy) is 1. The van der Waals surface area contributed by atoms with Crippen molar-refractivity contribution < 1.29 is 9.26 Å². The Morgan fingerprint density at radius 3 is 3.07 bits per heavy atom. The van der Waals surface area contributed by atoms with Crippen molar-refractivity contribution in [3.63, 3.8) is 0 Å². The Hall–Kier alpha value is -2.62. The van der Waals surface area contributed by atoms with E-state index in [1.165, 1.54) is 0 Å². The van der Waals surface area contributed by atoms with Gasteiger partial charge in [0, 0.05) is 46.0 Å². The molecule has 2 N–H and O–H groups in total. The number of anilines is 1. The van der Waals surface area contributed by atoms with E-state index in [9.17, 15) is 0 Å². The quantitative estimate of drug-likeness (QED) is 0.537. The molecule has 0 saturated carbocycles. The van der Waals surface area contributed by atoms with Gasteiger partial charge < -0.3 is 24.8 Å². The molecule has 2 unspecified atom stereocenters. The fraction of sp³-hybridized carbons (Fsp3) is 0.667. The largest absolute Gasteiger partial charge is 0.371 e. The number of aliphatic imine (C=N–C) groups is 1. The van der Waals surface area contributed by atoms with Crippen LogP contribution in [0.25, 0.3) is 0 Å². The maximum atomic E-state index is 5.48. The van der Waals surface area contributed by atoms with E-state index in [1.54, 1.807) is 7.05 Å². The maximum Gasteiger partial charge on any atom is 0.246 e. The predicted octanol–water partition coefficient (Wildman–Crippen LogP) is 1.23. The number of aromatic nitrogens is 4. The molecule has 0 aromatic carbocycles. The predicted molar refractivity (Wildman–Crippen MR) is 106 cm³/mol. The molecule has 1 fully saturated rings. The van der Waals surface area contributed by atoms with Gasteiger partial charge in [0.15, 0.2) is 11.8 Å². The molecule has 154 valence electrons. The van der Waals surface area contributed by atoms with Gasteiger partial charge in [-0.25, -0.2) is 0 Å². The lowest BCUT2D eigenvalue weighted by Crippen LogP contribution is -2.51. The van der Waals surface area contributed by atoms with Crippen molar-refractivity contribution in [2.45, 2.75) is 45.4 Å². The zero-order valence-electron chi connectivity index (χ0n) is 17.1. The van der Waals surface area contributed by atoms with Gasteiger partial charge in [0.2, 0.25) is 5.89 Å². The molecule has 2 aromatic heterocycles. The van der Waals surface area contributed by atoms with Crippen molar-refractivity contribution in [3.05, 3.63) is 24.1 Å². The summed E-state index contributed by atoms with van der Waals surface area (Å²) >= 11 is 0. The summed E-state index contributed by atoms with van der Waals surface area (Å²) in [5, 5.41) is 15.0. The molecule has 0 spiro atoms. The molecule has 1 aliphatic rings. The SMILES string of the molecule is CCOC(C)c1noc(CNC(=NC)NC2CCCN(c3cnn(C)c3)C2)n1. The monoisotopic (exact) mass is 390 g/mol. The van der Waals surface area contributed by atoms with Crippen LogP contribution >= 0.6 is 0 Å². The summed E-state index contributed by atoms with van der Waals surface area (Å²) in [4.78, 5) is 11.0. The molecule has 2 atom stereocenters.